The molecule has 1 N–H and O–H groups in total. The Hall–Kier alpha value is -1.10. The maximum Gasteiger partial charge on any atom is 0.312 e. The Balaban J connectivity index is 0. The van der Waals surface area contributed by atoms with Crippen LogP contribution in [0.4, 0.5) is 0 Å². The highest BCUT2D eigenvalue weighted by atomic mass is 16.4. The molecule has 0 radical (unpaired) electrons. The van der Waals surface area contributed by atoms with Gasteiger partial charge in [-0.2, -0.15) is 0 Å². The number of carboxylic acids is 2. The Morgan fingerprint density at radius 2 is 1.08 bits per heavy atom. The monoisotopic (exact) mass is 373 g/mol. The van der Waals surface area contributed by atoms with Gasteiger partial charge in [-0.25, -0.2) is 0 Å². The molecule has 0 aromatic carbocycles. The Bertz CT molecular complexity index is 306. The van der Waals surface area contributed by atoms with E-state index in [9.17, 15) is 14.7 Å². The summed E-state index contributed by atoms with van der Waals surface area (Å²) in [6, 6.07) is 0. The van der Waals surface area contributed by atoms with Crippen molar-refractivity contribution in [3.05, 3.63) is 0 Å². The van der Waals surface area contributed by atoms with E-state index in [1.165, 1.54) is 89.0 Å². The number of carbonyl (C=O) groups excluding carboxylic acids is 1. The molecule has 156 valence electrons. The summed E-state index contributed by atoms with van der Waals surface area (Å²) >= 11 is 0. The van der Waals surface area contributed by atoms with Crippen LogP contribution >= 0.6 is 0 Å². The molecule has 5 nitrogen and oxygen atoms in total. The van der Waals surface area contributed by atoms with E-state index in [-0.39, 0.29) is 6.42 Å². The highest BCUT2D eigenvalue weighted by Gasteiger charge is 2.24. The van der Waals surface area contributed by atoms with Crippen LogP contribution in [0.1, 0.15) is 92.4 Å². The molecule has 0 bridgehead atoms. The molecule has 0 fully saturated rings. The van der Waals surface area contributed by atoms with Gasteiger partial charge in [-0.05, 0) is 32.1 Å². The van der Waals surface area contributed by atoms with E-state index in [1.807, 2.05) is 0 Å². The molecule has 0 rings (SSSR count). The summed E-state index contributed by atoms with van der Waals surface area (Å²) in [4.78, 5) is 19.8. The molecule has 0 heterocycles. The first kappa shape index (κ1) is 27.1. The van der Waals surface area contributed by atoms with Crippen LogP contribution < -0.4 is 5.11 Å². The van der Waals surface area contributed by atoms with Crippen molar-refractivity contribution in [3.8, 4) is 0 Å². The lowest BCUT2D eigenvalue weighted by Gasteiger charge is -2.39. The first-order chi connectivity index (χ1) is 12.3. The summed E-state index contributed by atoms with van der Waals surface area (Å²) in [5, 5.41) is 18.0. The zero-order valence-electron chi connectivity index (χ0n) is 17.9. The van der Waals surface area contributed by atoms with E-state index < -0.39 is 17.9 Å². The SMILES string of the molecule is CCC(C(=O)[O-])C(=O)O.CCCC[N+](CCCC)(CCCC)CCCC. The minimum Gasteiger partial charge on any atom is -0.549 e. The molecule has 26 heavy (non-hydrogen) atoms. The number of quaternary nitrogens is 1. The van der Waals surface area contributed by atoms with E-state index in [4.69, 9.17) is 5.11 Å². The molecule has 1 atom stereocenters. The zero-order chi connectivity index (χ0) is 20.4. The number of unbranched alkanes of at least 4 members (excludes halogenated alkanes) is 4. The van der Waals surface area contributed by atoms with Gasteiger partial charge in [-0.3, -0.25) is 4.79 Å². The lowest BCUT2D eigenvalue weighted by molar-refractivity contribution is -0.929. The van der Waals surface area contributed by atoms with Crippen LogP contribution in [0.25, 0.3) is 0 Å². The lowest BCUT2D eigenvalue weighted by Crippen LogP contribution is -2.50. The van der Waals surface area contributed by atoms with Gasteiger partial charge in [-0.1, -0.05) is 60.3 Å². The lowest BCUT2D eigenvalue weighted by atomic mass is 10.1. The van der Waals surface area contributed by atoms with Crippen molar-refractivity contribution in [2.24, 2.45) is 5.92 Å². The minimum atomic E-state index is -1.52. The molecule has 0 aliphatic heterocycles. The number of rotatable bonds is 15. The maximum absolute atomic E-state index is 9.95. The Morgan fingerprint density at radius 1 is 0.769 bits per heavy atom. The second-order valence-electron chi connectivity index (χ2n) is 7.27. The molecule has 0 amide bonds. The van der Waals surface area contributed by atoms with Crippen molar-refractivity contribution in [3.63, 3.8) is 0 Å². The van der Waals surface area contributed by atoms with Crippen LogP contribution in [0, 0.1) is 5.92 Å². The van der Waals surface area contributed by atoms with Gasteiger partial charge in [0.05, 0.1) is 38.1 Å². The molecule has 0 aromatic rings. The molecule has 0 aromatic heterocycles. The molecule has 0 aliphatic rings. The van der Waals surface area contributed by atoms with Crippen LogP contribution in [0.3, 0.4) is 0 Å². The number of carboxylic acid groups (broad SMARTS) is 2. The Labute approximate surface area is 161 Å². The number of hydrogen-bond acceptors (Lipinski definition) is 3. The minimum absolute atomic E-state index is 0.0671. The predicted octanol–water partition coefficient (Wildman–Crippen LogP) is 3.85. The Morgan fingerprint density at radius 3 is 1.19 bits per heavy atom. The molecular weight excluding hydrogens is 330 g/mol. The molecular formula is C21H43NO4. The fraction of sp³-hybridized carbons (Fsp3) is 0.905. The van der Waals surface area contributed by atoms with Crippen LogP contribution in [0.5, 0.6) is 0 Å². The maximum atomic E-state index is 9.95. The van der Waals surface area contributed by atoms with E-state index in [0.717, 1.165) is 0 Å². The average molecular weight is 374 g/mol. The average Bonchev–Trinajstić information content (AvgIpc) is 2.61. The van der Waals surface area contributed by atoms with Gasteiger partial charge in [0, 0.05) is 0 Å². The van der Waals surface area contributed by atoms with Gasteiger partial charge < -0.3 is 19.5 Å². The number of nitrogens with zero attached hydrogens (tertiary/aromatic N) is 1. The Kier molecular flexibility index (Phi) is 18.1. The summed E-state index contributed by atoms with van der Waals surface area (Å²) in [5.74, 6) is -4.22. The third-order valence-corrected chi connectivity index (χ3v) is 4.93. The number of hydrogen-bond donors (Lipinski definition) is 1. The first-order valence-electron chi connectivity index (χ1n) is 10.6. The van der Waals surface area contributed by atoms with Crippen molar-refractivity contribution >= 4 is 11.9 Å². The standard InChI is InChI=1S/C16H36N.C5H8O4/c1-5-9-13-17(14-10-6-2,15-11-7-3)16-12-8-4;1-2-3(4(6)7)5(8)9/h5-16H2,1-4H3;3H,2H2,1H3,(H,6,7)(H,8,9)/q+1;/p-1. The van der Waals surface area contributed by atoms with E-state index in [1.54, 1.807) is 0 Å². The van der Waals surface area contributed by atoms with Crippen molar-refractivity contribution in [2.45, 2.75) is 92.4 Å². The molecule has 5 heteroatoms. The summed E-state index contributed by atoms with van der Waals surface area (Å²) in [6.45, 7) is 16.5. The van der Waals surface area contributed by atoms with Gasteiger partial charge in [0.2, 0.25) is 0 Å². The number of carbonyl (C=O) groups is 2. The van der Waals surface area contributed by atoms with Crippen LogP contribution in [0.2, 0.25) is 0 Å². The summed E-state index contributed by atoms with van der Waals surface area (Å²) < 4.78 is 1.42. The fourth-order valence-electron chi connectivity index (χ4n) is 3.09. The fourth-order valence-corrected chi connectivity index (χ4v) is 3.09. The van der Waals surface area contributed by atoms with Gasteiger partial charge in [-0.15, -0.1) is 0 Å². The van der Waals surface area contributed by atoms with Gasteiger partial charge in [0.1, 0.15) is 0 Å². The van der Waals surface area contributed by atoms with Gasteiger partial charge in [0.25, 0.3) is 0 Å². The highest BCUT2D eigenvalue weighted by molar-refractivity contribution is 5.91. The second-order valence-corrected chi connectivity index (χ2v) is 7.27. The zero-order valence-corrected chi connectivity index (χ0v) is 17.9. The predicted molar refractivity (Wildman–Crippen MR) is 106 cm³/mol. The smallest absolute Gasteiger partial charge is 0.312 e. The van der Waals surface area contributed by atoms with Crippen LogP contribution in [-0.2, 0) is 9.59 Å². The second kappa shape index (κ2) is 17.3. The van der Waals surface area contributed by atoms with Crippen molar-refractivity contribution < 1.29 is 24.3 Å². The van der Waals surface area contributed by atoms with E-state index >= 15 is 0 Å². The third kappa shape index (κ3) is 13.2. The number of aliphatic carboxylic acids is 2. The largest absolute Gasteiger partial charge is 0.549 e. The van der Waals surface area contributed by atoms with Crippen LogP contribution in [0.15, 0.2) is 0 Å². The normalized spacial score (nSPS) is 12.2. The van der Waals surface area contributed by atoms with Gasteiger partial charge in [0.15, 0.2) is 0 Å². The van der Waals surface area contributed by atoms with Crippen molar-refractivity contribution in [1.29, 1.82) is 0 Å². The first-order valence-corrected chi connectivity index (χ1v) is 10.6. The summed E-state index contributed by atoms with van der Waals surface area (Å²) in [6.07, 6.45) is 11.1. The molecule has 0 aliphatic carbocycles. The van der Waals surface area contributed by atoms with Crippen molar-refractivity contribution in [1.82, 2.24) is 0 Å². The molecule has 0 spiro atoms. The third-order valence-electron chi connectivity index (χ3n) is 4.93. The summed E-state index contributed by atoms with van der Waals surface area (Å²) in [7, 11) is 0. The summed E-state index contributed by atoms with van der Waals surface area (Å²) in [5.41, 5.74) is 0. The quantitative estimate of drug-likeness (QED) is 0.349. The van der Waals surface area contributed by atoms with Crippen molar-refractivity contribution in [2.75, 3.05) is 26.2 Å². The molecule has 0 saturated heterocycles. The van der Waals surface area contributed by atoms with Gasteiger partial charge >= 0.3 is 5.97 Å². The van der Waals surface area contributed by atoms with Crippen LogP contribution in [-0.4, -0.2) is 47.7 Å². The molecule has 1 unspecified atom stereocenters. The van der Waals surface area contributed by atoms with E-state index in [0.29, 0.717) is 0 Å². The molecule has 0 saturated carbocycles. The topological polar surface area (TPSA) is 77.4 Å². The highest BCUT2D eigenvalue weighted by Crippen LogP contribution is 2.16. The van der Waals surface area contributed by atoms with E-state index in [2.05, 4.69) is 27.7 Å².